The van der Waals surface area contributed by atoms with E-state index in [1.54, 1.807) is 4.31 Å². The van der Waals surface area contributed by atoms with Crippen molar-refractivity contribution in [1.82, 2.24) is 4.31 Å². The molecule has 5 heteroatoms. The quantitative estimate of drug-likeness (QED) is 0.504. The molecule has 1 aromatic carbocycles. The average Bonchev–Trinajstić information content (AvgIpc) is 2.36. The third kappa shape index (κ3) is 4.80. The molecule has 0 saturated heterocycles. The molecule has 0 aliphatic rings. The second-order valence-electron chi connectivity index (χ2n) is 5.53. The summed E-state index contributed by atoms with van der Waals surface area (Å²) in [6.45, 7) is 8.95. The lowest BCUT2D eigenvalue weighted by Crippen LogP contribution is -2.33. The number of nitrogens with zero attached hydrogens (tertiary/aromatic N) is 1. The maximum Gasteiger partial charge on any atom is 0.243 e. The van der Waals surface area contributed by atoms with Crippen molar-refractivity contribution >= 4 is 26.0 Å². The minimum absolute atomic E-state index is 0.486. The predicted octanol–water partition coefficient (Wildman–Crippen LogP) is 4.19. The smallest absolute Gasteiger partial charge is 0.207 e. The Hall–Kier alpha value is -0.390. The first-order valence-corrected chi connectivity index (χ1v) is 10.0. The van der Waals surface area contributed by atoms with Crippen molar-refractivity contribution in [2.75, 3.05) is 18.4 Å². The van der Waals surface area contributed by atoms with Gasteiger partial charge in [-0.05, 0) is 51.2 Å². The van der Waals surface area contributed by atoms with Crippen LogP contribution >= 0.6 is 15.9 Å². The van der Waals surface area contributed by atoms with Crippen molar-refractivity contribution < 1.29 is 8.42 Å². The highest BCUT2D eigenvalue weighted by Gasteiger charge is 2.26. The predicted molar refractivity (Wildman–Crippen MR) is 92.7 cm³/mol. The number of alkyl halides is 1. The lowest BCUT2D eigenvalue weighted by Gasteiger charge is -2.24. The maximum absolute atomic E-state index is 13.0. The number of sulfonamides is 1. The largest absolute Gasteiger partial charge is 0.243 e. The average molecular weight is 376 g/mol. The Kier molecular flexibility index (Phi) is 7.37. The lowest BCUT2D eigenvalue weighted by atomic mass is 10.1. The van der Waals surface area contributed by atoms with Crippen molar-refractivity contribution in [2.45, 2.75) is 51.9 Å². The third-order valence-electron chi connectivity index (χ3n) is 3.47. The molecule has 0 heterocycles. The van der Waals surface area contributed by atoms with Gasteiger partial charge in [-0.15, -0.1) is 0 Å². The fourth-order valence-corrected chi connectivity index (χ4v) is 5.07. The molecule has 0 fully saturated rings. The van der Waals surface area contributed by atoms with E-state index in [0.29, 0.717) is 18.0 Å². The standard InChI is InChI=1S/C16H26BrNO2S/c1-5-9-18(10-7-6-8-17)21(19,20)16-14(3)11-13(2)12-15(16)4/h11-12H,5-10H2,1-4H3. The van der Waals surface area contributed by atoms with Crippen LogP contribution in [0.15, 0.2) is 17.0 Å². The number of rotatable bonds is 8. The van der Waals surface area contributed by atoms with Crippen LogP contribution in [0.3, 0.4) is 0 Å². The van der Waals surface area contributed by atoms with Crippen LogP contribution in [0.2, 0.25) is 0 Å². The van der Waals surface area contributed by atoms with Crippen LogP contribution in [0.4, 0.5) is 0 Å². The van der Waals surface area contributed by atoms with Gasteiger partial charge in [-0.3, -0.25) is 0 Å². The summed E-state index contributed by atoms with van der Waals surface area (Å²) in [6.07, 6.45) is 2.70. The molecule has 1 aromatic rings. The van der Waals surface area contributed by atoms with E-state index in [9.17, 15) is 8.42 Å². The molecule has 1 rings (SSSR count). The molecule has 21 heavy (non-hydrogen) atoms. The zero-order valence-corrected chi connectivity index (χ0v) is 15.8. The molecule has 0 spiro atoms. The van der Waals surface area contributed by atoms with Gasteiger partial charge in [0.1, 0.15) is 0 Å². The number of hydrogen-bond acceptors (Lipinski definition) is 2. The van der Waals surface area contributed by atoms with Crippen LogP contribution in [0.1, 0.15) is 42.9 Å². The molecule has 0 saturated carbocycles. The van der Waals surface area contributed by atoms with E-state index in [2.05, 4.69) is 15.9 Å². The molecule has 0 radical (unpaired) electrons. The molecule has 0 aliphatic carbocycles. The van der Waals surface area contributed by atoms with Gasteiger partial charge >= 0.3 is 0 Å². The van der Waals surface area contributed by atoms with E-state index in [4.69, 9.17) is 0 Å². The second-order valence-corrected chi connectivity index (χ2v) is 8.20. The van der Waals surface area contributed by atoms with E-state index in [1.807, 2.05) is 39.8 Å². The molecule has 0 aromatic heterocycles. The minimum Gasteiger partial charge on any atom is -0.207 e. The monoisotopic (exact) mass is 375 g/mol. The zero-order chi connectivity index (χ0) is 16.0. The summed E-state index contributed by atoms with van der Waals surface area (Å²) < 4.78 is 27.6. The second kappa shape index (κ2) is 8.30. The third-order valence-corrected chi connectivity index (χ3v) is 6.23. The Balaban J connectivity index is 3.16. The Labute approximate surface area is 137 Å². The Morgan fingerprint density at radius 2 is 1.62 bits per heavy atom. The molecular weight excluding hydrogens is 350 g/mol. The van der Waals surface area contributed by atoms with Gasteiger partial charge in [-0.2, -0.15) is 4.31 Å². The molecule has 0 amide bonds. The maximum atomic E-state index is 13.0. The molecule has 120 valence electrons. The van der Waals surface area contributed by atoms with Crippen molar-refractivity contribution in [3.63, 3.8) is 0 Å². The first kappa shape index (κ1) is 18.7. The van der Waals surface area contributed by atoms with Gasteiger partial charge in [0.25, 0.3) is 0 Å². The van der Waals surface area contributed by atoms with Crippen molar-refractivity contribution in [2.24, 2.45) is 0 Å². The highest BCUT2D eigenvalue weighted by atomic mass is 79.9. The van der Waals surface area contributed by atoms with Crippen LogP contribution in [0.25, 0.3) is 0 Å². The first-order chi connectivity index (χ1) is 9.84. The summed E-state index contributed by atoms with van der Waals surface area (Å²) in [5.74, 6) is 0. The number of benzene rings is 1. The van der Waals surface area contributed by atoms with E-state index in [-0.39, 0.29) is 0 Å². The fourth-order valence-electron chi connectivity index (χ4n) is 2.69. The summed E-state index contributed by atoms with van der Waals surface area (Å²) in [5.41, 5.74) is 2.79. The minimum atomic E-state index is -3.40. The molecular formula is C16H26BrNO2S. The Bertz CT molecular complexity index is 547. The van der Waals surface area contributed by atoms with E-state index in [0.717, 1.165) is 41.3 Å². The van der Waals surface area contributed by atoms with Gasteiger partial charge in [0, 0.05) is 18.4 Å². The van der Waals surface area contributed by atoms with Gasteiger partial charge in [0.2, 0.25) is 10.0 Å². The van der Waals surface area contributed by atoms with Crippen LogP contribution in [0, 0.1) is 20.8 Å². The summed E-state index contributed by atoms with van der Waals surface area (Å²) in [4.78, 5) is 0.486. The molecule has 0 aliphatic heterocycles. The van der Waals surface area contributed by atoms with E-state index < -0.39 is 10.0 Å². The SMILES string of the molecule is CCCN(CCCCBr)S(=O)(=O)c1c(C)cc(C)cc1C. The van der Waals surface area contributed by atoms with E-state index >= 15 is 0 Å². The molecule has 0 atom stereocenters. The van der Waals surface area contributed by atoms with Crippen LogP contribution in [0.5, 0.6) is 0 Å². The van der Waals surface area contributed by atoms with Gasteiger partial charge in [-0.25, -0.2) is 8.42 Å². The van der Waals surface area contributed by atoms with Gasteiger partial charge in [0.05, 0.1) is 4.90 Å². The molecule has 0 unspecified atom stereocenters. The van der Waals surface area contributed by atoms with Crippen LogP contribution in [-0.4, -0.2) is 31.1 Å². The summed E-state index contributed by atoms with van der Waals surface area (Å²) in [7, 11) is -3.40. The van der Waals surface area contributed by atoms with Gasteiger partial charge in [-0.1, -0.05) is 40.5 Å². The highest BCUT2D eigenvalue weighted by Crippen LogP contribution is 2.25. The van der Waals surface area contributed by atoms with E-state index in [1.165, 1.54) is 0 Å². The van der Waals surface area contributed by atoms with Gasteiger partial charge < -0.3 is 0 Å². The fraction of sp³-hybridized carbons (Fsp3) is 0.625. The highest BCUT2D eigenvalue weighted by molar-refractivity contribution is 9.09. The number of unbranched alkanes of at least 4 members (excludes halogenated alkanes) is 1. The normalized spacial score (nSPS) is 12.1. The van der Waals surface area contributed by atoms with Gasteiger partial charge in [0.15, 0.2) is 0 Å². The summed E-state index contributed by atoms with van der Waals surface area (Å²) in [5, 5.41) is 0.912. The summed E-state index contributed by atoms with van der Waals surface area (Å²) in [6, 6.07) is 3.89. The molecule has 0 N–H and O–H groups in total. The zero-order valence-electron chi connectivity index (χ0n) is 13.4. The topological polar surface area (TPSA) is 37.4 Å². The molecule has 0 bridgehead atoms. The number of aryl methyl sites for hydroxylation is 3. The van der Waals surface area contributed by atoms with Crippen molar-refractivity contribution in [1.29, 1.82) is 0 Å². The number of halogens is 1. The molecule has 3 nitrogen and oxygen atoms in total. The van der Waals surface area contributed by atoms with Crippen LogP contribution < -0.4 is 0 Å². The summed E-state index contributed by atoms with van der Waals surface area (Å²) >= 11 is 3.40. The van der Waals surface area contributed by atoms with Crippen molar-refractivity contribution in [3.05, 3.63) is 28.8 Å². The first-order valence-electron chi connectivity index (χ1n) is 7.48. The lowest BCUT2D eigenvalue weighted by molar-refractivity contribution is 0.402. The van der Waals surface area contributed by atoms with Crippen molar-refractivity contribution in [3.8, 4) is 0 Å². The Morgan fingerprint density at radius 3 is 2.10 bits per heavy atom. The Morgan fingerprint density at radius 1 is 1.05 bits per heavy atom. The van der Waals surface area contributed by atoms with Crippen LogP contribution in [-0.2, 0) is 10.0 Å². The number of hydrogen-bond donors (Lipinski definition) is 0.